The Morgan fingerprint density at radius 1 is 1.09 bits per heavy atom. The van der Waals surface area contributed by atoms with Crippen LogP contribution in [0.15, 0.2) is 71.4 Å². The maximum absolute atomic E-state index is 12.6. The van der Waals surface area contributed by atoms with Crippen molar-refractivity contribution in [2.45, 2.75) is 25.9 Å². The molecule has 0 saturated heterocycles. The Morgan fingerprint density at radius 2 is 1.77 bits per heavy atom. The first-order chi connectivity index (χ1) is 16.7. The molecule has 0 fully saturated rings. The van der Waals surface area contributed by atoms with Gasteiger partial charge in [-0.2, -0.15) is 4.98 Å². The zero-order valence-electron chi connectivity index (χ0n) is 18.7. The van der Waals surface area contributed by atoms with E-state index in [0.29, 0.717) is 11.3 Å². The lowest BCUT2D eigenvalue weighted by molar-refractivity contribution is -0.274. The van der Waals surface area contributed by atoms with E-state index >= 15 is 0 Å². The number of nitrogens with one attached hydrogen (secondary N) is 1. The molecule has 0 spiro atoms. The van der Waals surface area contributed by atoms with E-state index in [1.165, 1.54) is 12.1 Å². The lowest BCUT2D eigenvalue weighted by Crippen LogP contribution is -2.30. The second kappa shape index (κ2) is 9.92. The van der Waals surface area contributed by atoms with Crippen LogP contribution in [0.25, 0.3) is 23.0 Å². The van der Waals surface area contributed by atoms with E-state index < -0.39 is 6.36 Å². The average Bonchev–Trinajstić information content (AvgIpc) is 3.48. The SMILES string of the molecule is COc1ccc(C(C)NC(=O)Cn2cccc2-c2nc(-c3ccc(OC(F)(F)F)cc3)no2)cc1. The number of aromatic nitrogens is 3. The topological polar surface area (TPSA) is 91.4 Å². The van der Waals surface area contributed by atoms with Gasteiger partial charge in [-0.3, -0.25) is 4.79 Å². The number of amides is 1. The van der Waals surface area contributed by atoms with Crippen LogP contribution in [0.4, 0.5) is 13.2 Å². The summed E-state index contributed by atoms with van der Waals surface area (Å²) in [5, 5.41) is 6.84. The summed E-state index contributed by atoms with van der Waals surface area (Å²) >= 11 is 0. The minimum Gasteiger partial charge on any atom is -0.497 e. The Hall–Kier alpha value is -4.28. The van der Waals surface area contributed by atoms with Crippen molar-refractivity contribution in [3.05, 3.63) is 72.4 Å². The molecular formula is C24H21F3N4O4. The van der Waals surface area contributed by atoms with Crippen LogP contribution < -0.4 is 14.8 Å². The van der Waals surface area contributed by atoms with E-state index in [2.05, 4.69) is 20.2 Å². The van der Waals surface area contributed by atoms with E-state index in [-0.39, 0.29) is 36.0 Å². The first-order valence-corrected chi connectivity index (χ1v) is 10.5. The third kappa shape index (κ3) is 5.99. The standard InChI is InChI=1S/C24H21F3N4O4/c1-15(16-5-9-18(33-2)10-6-16)28-21(32)14-31-13-3-4-20(31)23-29-22(30-35-23)17-7-11-19(12-8-17)34-24(25,26)27/h3-13,15H,14H2,1-2H3,(H,28,32). The number of halogens is 3. The van der Waals surface area contributed by atoms with Crippen molar-refractivity contribution in [2.24, 2.45) is 0 Å². The summed E-state index contributed by atoms with van der Waals surface area (Å²) < 4.78 is 53.0. The highest BCUT2D eigenvalue weighted by Gasteiger charge is 2.31. The molecule has 8 nitrogen and oxygen atoms in total. The van der Waals surface area contributed by atoms with Crippen LogP contribution in [0.1, 0.15) is 18.5 Å². The van der Waals surface area contributed by atoms with E-state index in [0.717, 1.165) is 23.4 Å². The Labute approximate surface area is 198 Å². The monoisotopic (exact) mass is 486 g/mol. The number of carbonyl (C=O) groups excluding carboxylic acids is 1. The maximum Gasteiger partial charge on any atom is 0.573 e. The number of carbonyl (C=O) groups is 1. The van der Waals surface area contributed by atoms with Crippen molar-refractivity contribution in [3.63, 3.8) is 0 Å². The van der Waals surface area contributed by atoms with Crippen LogP contribution in [0.2, 0.25) is 0 Å². The van der Waals surface area contributed by atoms with Crippen LogP contribution in [-0.2, 0) is 11.3 Å². The molecule has 0 aliphatic rings. The van der Waals surface area contributed by atoms with Gasteiger partial charge in [-0.15, -0.1) is 13.2 Å². The number of hydrogen-bond acceptors (Lipinski definition) is 6. The number of nitrogens with zero attached hydrogens (tertiary/aromatic N) is 3. The van der Waals surface area contributed by atoms with Gasteiger partial charge in [0.1, 0.15) is 23.7 Å². The van der Waals surface area contributed by atoms with Gasteiger partial charge in [0.05, 0.1) is 13.2 Å². The molecule has 1 atom stereocenters. The van der Waals surface area contributed by atoms with Crippen LogP contribution in [0.3, 0.4) is 0 Å². The quantitative estimate of drug-likeness (QED) is 0.377. The molecule has 2 aromatic carbocycles. The average molecular weight is 486 g/mol. The van der Waals surface area contributed by atoms with Gasteiger partial charge in [0.15, 0.2) is 0 Å². The van der Waals surface area contributed by atoms with Gasteiger partial charge in [0, 0.05) is 11.8 Å². The summed E-state index contributed by atoms with van der Waals surface area (Å²) in [6.07, 6.45) is -3.06. The van der Waals surface area contributed by atoms with Gasteiger partial charge in [-0.25, -0.2) is 0 Å². The summed E-state index contributed by atoms with van der Waals surface area (Å²) in [5.41, 5.74) is 1.90. The third-order valence-corrected chi connectivity index (χ3v) is 5.13. The number of benzene rings is 2. The Morgan fingerprint density at radius 3 is 2.43 bits per heavy atom. The van der Waals surface area contributed by atoms with Crippen LogP contribution in [0, 0.1) is 0 Å². The summed E-state index contributed by atoms with van der Waals surface area (Å²) in [4.78, 5) is 17.0. The number of hydrogen-bond donors (Lipinski definition) is 1. The van der Waals surface area contributed by atoms with Gasteiger partial charge < -0.3 is 23.9 Å². The second-order valence-corrected chi connectivity index (χ2v) is 7.58. The summed E-state index contributed by atoms with van der Waals surface area (Å²) in [6.45, 7) is 1.90. The highest BCUT2D eigenvalue weighted by Crippen LogP contribution is 2.27. The molecular weight excluding hydrogens is 465 g/mol. The van der Waals surface area contributed by atoms with Crippen molar-refractivity contribution >= 4 is 5.91 Å². The van der Waals surface area contributed by atoms with Crippen LogP contribution >= 0.6 is 0 Å². The largest absolute Gasteiger partial charge is 0.573 e. The van der Waals surface area contributed by atoms with Gasteiger partial charge in [0.2, 0.25) is 11.7 Å². The van der Waals surface area contributed by atoms with Crippen molar-refractivity contribution in [2.75, 3.05) is 7.11 Å². The van der Waals surface area contributed by atoms with Crippen LogP contribution in [0.5, 0.6) is 11.5 Å². The molecule has 2 aromatic heterocycles. The molecule has 2 heterocycles. The predicted octanol–water partition coefficient (Wildman–Crippen LogP) is 4.99. The molecule has 0 aliphatic heterocycles. The van der Waals surface area contributed by atoms with Crippen molar-refractivity contribution in [1.82, 2.24) is 20.0 Å². The molecule has 1 N–H and O–H groups in total. The highest BCUT2D eigenvalue weighted by molar-refractivity contribution is 5.77. The third-order valence-electron chi connectivity index (χ3n) is 5.13. The molecule has 0 aliphatic carbocycles. The molecule has 0 bridgehead atoms. The predicted molar refractivity (Wildman–Crippen MR) is 119 cm³/mol. The van der Waals surface area contributed by atoms with E-state index in [1.807, 2.05) is 31.2 Å². The highest BCUT2D eigenvalue weighted by atomic mass is 19.4. The number of alkyl halides is 3. The van der Waals surface area contributed by atoms with Gasteiger partial charge in [-0.05, 0) is 61.0 Å². The fourth-order valence-electron chi connectivity index (χ4n) is 3.41. The lowest BCUT2D eigenvalue weighted by Gasteiger charge is -2.15. The Kier molecular flexibility index (Phi) is 6.76. The first kappa shape index (κ1) is 23.9. The molecule has 11 heteroatoms. The molecule has 1 unspecified atom stereocenters. The fraction of sp³-hybridized carbons (Fsp3) is 0.208. The van der Waals surface area contributed by atoms with Crippen molar-refractivity contribution in [3.8, 4) is 34.5 Å². The number of methoxy groups -OCH3 is 1. The minimum absolute atomic E-state index is 0.0179. The summed E-state index contributed by atoms with van der Waals surface area (Å²) in [7, 11) is 1.59. The summed E-state index contributed by atoms with van der Waals surface area (Å²) in [6, 6.07) is 15.8. The molecule has 0 radical (unpaired) electrons. The molecule has 1 amide bonds. The number of rotatable bonds is 8. The fourth-order valence-corrected chi connectivity index (χ4v) is 3.41. The zero-order chi connectivity index (χ0) is 25.0. The minimum atomic E-state index is -4.77. The van der Waals surface area contributed by atoms with Gasteiger partial charge >= 0.3 is 6.36 Å². The maximum atomic E-state index is 12.6. The zero-order valence-corrected chi connectivity index (χ0v) is 18.7. The number of ether oxygens (including phenoxy) is 2. The molecule has 4 aromatic rings. The normalized spacial score (nSPS) is 12.3. The lowest BCUT2D eigenvalue weighted by atomic mass is 10.1. The van der Waals surface area contributed by atoms with Crippen molar-refractivity contribution < 1.29 is 32.0 Å². The Bertz CT molecular complexity index is 1280. The first-order valence-electron chi connectivity index (χ1n) is 10.5. The molecule has 4 rings (SSSR count). The smallest absolute Gasteiger partial charge is 0.497 e. The molecule has 182 valence electrons. The summed E-state index contributed by atoms with van der Waals surface area (Å²) in [5.74, 6) is 0.508. The molecule has 0 saturated carbocycles. The van der Waals surface area contributed by atoms with Gasteiger partial charge in [0.25, 0.3) is 5.89 Å². The van der Waals surface area contributed by atoms with Crippen LogP contribution in [-0.4, -0.2) is 34.1 Å². The second-order valence-electron chi connectivity index (χ2n) is 7.58. The van der Waals surface area contributed by atoms with Gasteiger partial charge in [-0.1, -0.05) is 17.3 Å². The molecule has 35 heavy (non-hydrogen) atoms. The van der Waals surface area contributed by atoms with E-state index in [1.54, 1.807) is 30.0 Å². The van der Waals surface area contributed by atoms with E-state index in [9.17, 15) is 18.0 Å². The van der Waals surface area contributed by atoms with Crippen molar-refractivity contribution in [1.29, 1.82) is 0 Å². The van der Waals surface area contributed by atoms with E-state index in [4.69, 9.17) is 9.26 Å². The Balaban J connectivity index is 1.42.